The third-order valence-corrected chi connectivity index (χ3v) is 5.30. The summed E-state index contributed by atoms with van der Waals surface area (Å²) in [6.07, 6.45) is 0. The van der Waals surface area contributed by atoms with E-state index in [9.17, 15) is 0 Å². The van der Waals surface area contributed by atoms with E-state index < -0.39 is 0 Å². The first-order chi connectivity index (χ1) is 15.2. The number of guanidine groups is 1. The van der Waals surface area contributed by atoms with E-state index in [1.807, 2.05) is 37.4 Å². The SMILES string of the molecule is CN=C(NCc1cccc(OCCN2CCOCC2)c1)N(C)Cc1ccccc1OC.I. The predicted molar refractivity (Wildman–Crippen MR) is 139 cm³/mol. The van der Waals surface area contributed by atoms with Crippen LogP contribution in [0.25, 0.3) is 0 Å². The molecule has 0 amide bonds. The summed E-state index contributed by atoms with van der Waals surface area (Å²) in [5, 5.41) is 3.44. The number of methoxy groups -OCH3 is 1. The lowest BCUT2D eigenvalue weighted by molar-refractivity contribution is 0.0322. The second kappa shape index (κ2) is 14.2. The van der Waals surface area contributed by atoms with Crippen LogP contribution in [0.5, 0.6) is 11.5 Å². The molecule has 1 saturated heterocycles. The normalized spacial score (nSPS) is 14.4. The van der Waals surface area contributed by atoms with Crippen molar-refractivity contribution in [3.8, 4) is 11.5 Å². The molecule has 0 radical (unpaired) electrons. The number of para-hydroxylation sites is 1. The highest BCUT2D eigenvalue weighted by Gasteiger charge is 2.11. The predicted octanol–water partition coefficient (Wildman–Crippen LogP) is 3.23. The molecule has 0 unspecified atom stereocenters. The molecule has 1 heterocycles. The number of nitrogens with one attached hydrogen (secondary N) is 1. The number of nitrogens with zero attached hydrogens (tertiary/aromatic N) is 3. The Morgan fingerprint density at radius 2 is 1.94 bits per heavy atom. The molecular weight excluding hydrogens is 519 g/mol. The Balaban J connectivity index is 0.00000363. The summed E-state index contributed by atoms with van der Waals surface area (Å²) in [6, 6.07) is 16.3. The average Bonchev–Trinajstić information content (AvgIpc) is 2.81. The molecule has 7 nitrogen and oxygen atoms in total. The molecule has 0 atom stereocenters. The van der Waals surface area contributed by atoms with Crippen molar-refractivity contribution in [2.45, 2.75) is 13.1 Å². The van der Waals surface area contributed by atoms with Gasteiger partial charge in [-0.2, -0.15) is 0 Å². The van der Waals surface area contributed by atoms with Crippen LogP contribution >= 0.6 is 24.0 Å². The molecule has 1 fully saturated rings. The van der Waals surface area contributed by atoms with Gasteiger partial charge in [-0.25, -0.2) is 0 Å². The van der Waals surface area contributed by atoms with Crippen molar-refractivity contribution >= 4 is 29.9 Å². The fourth-order valence-corrected chi connectivity index (χ4v) is 3.59. The molecule has 0 bridgehead atoms. The van der Waals surface area contributed by atoms with Crippen LogP contribution in [0.4, 0.5) is 0 Å². The molecule has 1 aliphatic heterocycles. The molecule has 0 spiro atoms. The maximum atomic E-state index is 5.97. The highest BCUT2D eigenvalue weighted by molar-refractivity contribution is 14.0. The largest absolute Gasteiger partial charge is 0.496 e. The standard InChI is InChI=1S/C24H34N4O3.HI/c1-25-24(27(2)19-21-8-4-5-10-23(21)29-3)26-18-20-7-6-9-22(17-20)31-16-13-28-11-14-30-15-12-28;/h4-10,17H,11-16,18-19H2,1-3H3,(H,25,26);1H. The van der Waals surface area contributed by atoms with Gasteiger partial charge in [-0.3, -0.25) is 9.89 Å². The lowest BCUT2D eigenvalue weighted by atomic mass is 10.2. The smallest absolute Gasteiger partial charge is 0.193 e. The quantitative estimate of drug-likeness (QED) is 0.292. The molecule has 8 heteroatoms. The van der Waals surface area contributed by atoms with Gasteiger partial charge < -0.3 is 24.4 Å². The Bertz CT molecular complexity index is 843. The fraction of sp³-hybridized carbons (Fsp3) is 0.458. The van der Waals surface area contributed by atoms with Gasteiger partial charge >= 0.3 is 0 Å². The van der Waals surface area contributed by atoms with Gasteiger partial charge in [0.05, 0.1) is 20.3 Å². The summed E-state index contributed by atoms with van der Waals surface area (Å²) in [7, 11) is 5.51. The second-order valence-corrected chi connectivity index (χ2v) is 7.52. The first-order valence-corrected chi connectivity index (χ1v) is 10.7. The Morgan fingerprint density at radius 1 is 1.16 bits per heavy atom. The van der Waals surface area contributed by atoms with Gasteiger partial charge in [0.1, 0.15) is 18.1 Å². The summed E-state index contributed by atoms with van der Waals surface area (Å²) in [5.74, 6) is 2.60. The maximum absolute atomic E-state index is 5.97. The van der Waals surface area contributed by atoms with E-state index in [-0.39, 0.29) is 24.0 Å². The van der Waals surface area contributed by atoms with Crippen LogP contribution in [-0.2, 0) is 17.8 Å². The van der Waals surface area contributed by atoms with E-state index in [0.717, 1.165) is 61.4 Å². The number of halogens is 1. The monoisotopic (exact) mass is 554 g/mol. The van der Waals surface area contributed by atoms with E-state index in [1.165, 1.54) is 0 Å². The molecule has 0 aliphatic carbocycles. The van der Waals surface area contributed by atoms with Crippen LogP contribution in [0.1, 0.15) is 11.1 Å². The summed E-state index contributed by atoms with van der Waals surface area (Å²) in [4.78, 5) is 8.88. The molecule has 1 aliphatic rings. The van der Waals surface area contributed by atoms with Gasteiger partial charge in [-0.05, 0) is 23.8 Å². The van der Waals surface area contributed by atoms with E-state index >= 15 is 0 Å². The Hall–Kier alpha value is -2.04. The van der Waals surface area contributed by atoms with E-state index in [1.54, 1.807) is 14.2 Å². The zero-order chi connectivity index (χ0) is 21.9. The van der Waals surface area contributed by atoms with Crippen LogP contribution in [0, 0.1) is 0 Å². The Kier molecular flexibility index (Phi) is 11.6. The minimum atomic E-state index is 0. The van der Waals surface area contributed by atoms with E-state index in [0.29, 0.717) is 19.7 Å². The minimum Gasteiger partial charge on any atom is -0.496 e. The number of ether oxygens (including phenoxy) is 3. The summed E-state index contributed by atoms with van der Waals surface area (Å²) in [6.45, 7) is 6.57. The fourth-order valence-electron chi connectivity index (χ4n) is 3.59. The zero-order valence-corrected chi connectivity index (χ0v) is 21.6. The third-order valence-electron chi connectivity index (χ3n) is 5.30. The molecule has 176 valence electrons. The van der Waals surface area contributed by atoms with Gasteiger partial charge in [-0.1, -0.05) is 30.3 Å². The number of morpholine rings is 1. The molecule has 3 rings (SSSR count). The second-order valence-electron chi connectivity index (χ2n) is 7.52. The topological polar surface area (TPSA) is 58.6 Å². The number of rotatable bonds is 9. The van der Waals surface area contributed by atoms with Gasteiger partial charge in [0.25, 0.3) is 0 Å². The van der Waals surface area contributed by atoms with Crippen molar-refractivity contribution < 1.29 is 14.2 Å². The lowest BCUT2D eigenvalue weighted by Gasteiger charge is -2.26. The minimum absolute atomic E-state index is 0. The third kappa shape index (κ3) is 8.14. The van der Waals surface area contributed by atoms with Crippen molar-refractivity contribution in [3.05, 3.63) is 59.7 Å². The molecule has 32 heavy (non-hydrogen) atoms. The molecular formula is C24H35IN4O3. The van der Waals surface area contributed by atoms with Crippen LogP contribution in [0.15, 0.2) is 53.5 Å². The Labute approximate surface area is 208 Å². The van der Waals surface area contributed by atoms with Crippen molar-refractivity contribution in [2.24, 2.45) is 4.99 Å². The van der Waals surface area contributed by atoms with Gasteiger partial charge in [0.15, 0.2) is 5.96 Å². The van der Waals surface area contributed by atoms with Crippen LogP contribution in [0.2, 0.25) is 0 Å². The number of hydrogen-bond acceptors (Lipinski definition) is 5. The summed E-state index contributed by atoms with van der Waals surface area (Å²) >= 11 is 0. The maximum Gasteiger partial charge on any atom is 0.193 e. The Morgan fingerprint density at radius 3 is 2.69 bits per heavy atom. The highest BCUT2D eigenvalue weighted by atomic mass is 127. The van der Waals surface area contributed by atoms with Crippen molar-refractivity contribution in [1.82, 2.24) is 15.1 Å². The highest BCUT2D eigenvalue weighted by Crippen LogP contribution is 2.19. The molecule has 1 N–H and O–H groups in total. The van der Waals surface area contributed by atoms with E-state index in [2.05, 4.69) is 38.3 Å². The molecule has 0 saturated carbocycles. The van der Waals surface area contributed by atoms with Gasteiger partial charge in [0, 0.05) is 52.4 Å². The number of aliphatic imine (C=N–C) groups is 1. The number of benzene rings is 2. The average molecular weight is 554 g/mol. The first kappa shape index (κ1) is 26.2. The van der Waals surface area contributed by atoms with Crippen LogP contribution in [-0.4, -0.2) is 76.4 Å². The summed E-state index contributed by atoms with van der Waals surface area (Å²) in [5.41, 5.74) is 2.27. The molecule has 2 aromatic carbocycles. The zero-order valence-electron chi connectivity index (χ0n) is 19.3. The molecule has 2 aromatic rings. The van der Waals surface area contributed by atoms with Crippen molar-refractivity contribution in [2.75, 3.05) is 60.7 Å². The van der Waals surface area contributed by atoms with Gasteiger partial charge in [-0.15, -0.1) is 24.0 Å². The lowest BCUT2D eigenvalue weighted by Crippen LogP contribution is -2.38. The number of hydrogen-bond donors (Lipinski definition) is 1. The van der Waals surface area contributed by atoms with Crippen LogP contribution in [0.3, 0.4) is 0 Å². The van der Waals surface area contributed by atoms with Crippen molar-refractivity contribution in [3.63, 3.8) is 0 Å². The van der Waals surface area contributed by atoms with E-state index in [4.69, 9.17) is 14.2 Å². The molecule has 0 aromatic heterocycles. The van der Waals surface area contributed by atoms with Crippen molar-refractivity contribution in [1.29, 1.82) is 0 Å². The van der Waals surface area contributed by atoms with Crippen LogP contribution < -0.4 is 14.8 Å². The van der Waals surface area contributed by atoms with Gasteiger partial charge in [0.2, 0.25) is 0 Å². The first-order valence-electron chi connectivity index (χ1n) is 10.7. The summed E-state index contributed by atoms with van der Waals surface area (Å²) < 4.78 is 16.8.